The molecule has 5 heteroatoms. The predicted molar refractivity (Wildman–Crippen MR) is 85.4 cm³/mol. The summed E-state index contributed by atoms with van der Waals surface area (Å²) in [6.07, 6.45) is 1.53. The average Bonchev–Trinajstić information content (AvgIpc) is 2.83. The van der Waals surface area contributed by atoms with Crippen LogP contribution in [0.2, 0.25) is 0 Å². The lowest BCUT2D eigenvalue weighted by molar-refractivity contribution is 0.327. The van der Waals surface area contributed by atoms with E-state index in [-0.39, 0.29) is 0 Å². The highest BCUT2D eigenvalue weighted by Crippen LogP contribution is 2.43. The monoisotopic (exact) mass is 295 g/mol. The SMILES string of the molecule is CCc1nc(NC)c2c(n1)-c1oc3ccccc3c1OCC2. The van der Waals surface area contributed by atoms with Crippen LogP contribution in [0, 0.1) is 0 Å². The minimum Gasteiger partial charge on any atom is -0.488 e. The zero-order chi connectivity index (χ0) is 15.1. The van der Waals surface area contributed by atoms with Crippen LogP contribution < -0.4 is 10.1 Å². The van der Waals surface area contributed by atoms with Crippen LogP contribution >= 0.6 is 0 Å². The highest BCUT2D eigenvalue weighted by Gasteiger charge is 2.26. The van der Waals surface area contributed by atoms with Gasteiger partial charge < -0.3 is 14.5 Å². The fourth-order valence-corrected chi connectivity index (χ4v) is 2.90. The van der Waals surface area contributed by atoms with Gasteiger partial charge in [-0.2, -0.15) is 0 Å². The van der Waals surface area contributed by atoms with Gasteiger partial charge in [-0.1, -0.05) is 19.1 Å². The molecule has 1 aromatic carbocycles. The normalized spacial score (nSPS) is 13.2. The summed E-state index contributed by atoms with van der Waals surface area (Å²) in [6.45, 7) is 2.64. The van der Waals surface area contributed by atoms with Crippen molar-refractivity contribution in [2.45, 2.75) is 19.8 Å². The molecule has 0 spiro atoms. The van der Waals surface area contributed by atoms with Gasteiger partial charge in [-0.25, -0.2) is 9.97 Å². The first kappa shape index (κ1) is 13.1. The number of furan rings is 1. The third-order valence-electron chi connectivity index (χ3n) is 3.97. The molecule has 0 fully saturated rings. The molecule has 0 saturated heterocycles. The Hall–Kier alpha value is -2.56. The molecule has 0 saturated carbocycles. The Morgan fingerprint density at radius 1 is 1.23 bits per heavy atom. The van der Waals surface area contributed by atoms with Gasteiger partial charge in [0.25, 0.3) is 0 Å². The van der Waals surface area contributed by atoms with Crippen LogP contribution in [0.1, 0.15) is 18.3 Å². The molecule has 3 aromatic rings. The van der Waals surface area contributed by atoms with Crippen LogP contribution in [0.4, 0.5) is 5.82 Å². The summed E-state index contributed by atoms with van der Waals surface area (Å²) in [7, 11) is 1.88. The van der Waals surface area contributed by atoms with E-state index in [0.717, 1.165) is 52.5 Å². The van der Waals surface area contributed by atoms with Gasteiger partial charge in [-0.15, -0.1) is 0 Å². The number of nitrogens with zero attached hydrogens (tertiary/aromatic N) is 2. The zero-order valence-electron chi connectivity index (χ0n) is 12.6. The molecular formula is C17H17N3O2. The average molecular weight is 295 g/mol. The Morgan fingerprint density at radius 2 is 2.09 bits per heavy atom. The number of aromatic nitrogens is 2. The minimum atomic E-state index is 0.590. The molecule has 1 aliphatic heterocycles. The smallest absolute Gasteiger partial charge is 0.196 e. The number of fused-ring (bicyclic) bond motifs is 5. The maximum Gasteiger partial charge on any atom is 0.196 e. The van der Waals surface area contributed by atoms with E-state index in [2.05, 4.69) is 10.3 Å². The maximum absolute atomic E-state index is 6.05. The number of anilines is 1. The molecule has 0 radical (unpaired) electrons. The van der Waals surface area contributed by atoms with Crippen molar-refractivity contribution < 1.29 is 9.15 Å². The van der Waals surface area contributed by atoms with E-state index < -0.39 is 0 Å². The lowest BCUT2D eigenvalue weighted by Gasteiger charge is -2.11. The number of nitrogens with one attached hydrogen (secondary N) is 1. The quantitative estimate of drug-likeness (QED) is 0.785. The second kappa shape index (κ2) is 5.02. The number of aryl methyl sites for hydroxylation is 1. The van der Waals surface area contributed by atoms with Crippen molar-refractivity contribution in [3.05, 3.63) is 35.7 Å². The van der Waals surface area contributed by atoms with Gasteiger partial charge in [-0.05, 0) is 12.1 Å². The molecule has 0 bridgehead atoms. The summed E-state index contributed by atoms with van der Waals surface area (Å²) in [6, 6.07) is 7.92. The third-order valence-corrected chi connectivity index (χ3v) is 3.97. The number of rotatable bonds is 2. The second-order valence-corrected chi connectivity index (χ2v) is 5.27. The van der Waals surface area contributed by atoms with Crippen LogP contribution in [-0.4, -0.2) is 23.6 Å². The molecular weight excluding hydrogens is 278 g/mol. The number of para-hydroxylation sites is 1. The highest BCUT2D eigenvalue weighted by molar-refractivity contribution is 5.92. The van der Waals surface area contributed by atoms with Gasteiger partial charge in [0.15, 0.2) is 11.5 Å². The summed E-state index contributed by atoms with van der Waals surface area (Å²) in [5.41, 5.74) is 2.72. The number of benzene rings is 1. The standard InChI is InChI=1S/C17H17N3O2/c1-3-13-19-14-11(17(18-2)20-13)8-9-21-15-10-6-4-5-7-12(10)22-16(14)15/h4-7H,3,8-9H2,1-2H3,(H,18,19,20). The Balaban J connectivity index is 2.05. The fraction of sp³-hybridized carbons (Fsp3) is 0.294. The van der Waals surface area contributed by atoms with Crippen LogP contribution in [0.25, 0.3) is 22.4 Å². The topological polar surface area (TPSA) is 60.2 Å². The lowest BCUT2D eigenvalue weighted by Crippen LogP contribution is -2.08. The van der Waals surface area contributed by atoms with Crippen molar-refractivity contribution in [3.63, 3.8) is 0 Å². The van der Waals surface area contributed by atoms with E-state index in [1.807, 2.05) is 38.2 Å². The van der Waals surface area contributed by atoms with Gasteiger partial charge in [0.05, 0.1) is 12.0 Å². The first-order valence-electron chi connectivity index (χ1n) is 7.54. The Morgan fingerprint density at radius 3 is 2.91 bits per heavy atom. The van der Waals surface area contributed by atoms with E-state index in [9.17, 15) is 0 Å². The molecule has 0 unspecified atom stereocenters. The van der Waals surface area contributed by atoms with Crippen molar-refractivity contribution in [3.8, 4) is 17.2 Å². The van der Waals surface area contributed by atoms with Crippen molar-refractivity contribution in [1.82, 2.24) is 9.97 Å². The molecule has 5 nitrogen and oxygen atoms in total. The lowest BCUT2D eigenvalue weighted by atomic mass is 10.1. The summed E-state index contributed by atoms with van der Waals surface area (Å²) >= 11 is 0. The Bertz CT molecular complexity index is 854. The third kappa shape index (κ3) is 1.85. The Kier molecular flexibility index (Phi) is 2.99. The van der Waals surface area contributed by atoms with E-state index >= 15 is 0 Å². The molecule has 3 heterocycles. The van der Waals surface area contributed by atoms with Crippen molar-refractivity contribution in [1.29, 1.82) is 0 Å². The van der Waals surface area contributed by atoms with Crippen LogP contribution in [0.15, 0.2) is 28.7 Å². The minimum absolute atomic E-state index is 0.590. The zero-order valence-corrected chi connectivity index (χ0v) is 12.6. The summed E-state index contributed by atoms with van der Waals surface area (Å²) in [4.78, 5) is 9.28. The molecule has 0 amide bonds. The van der Waals surface area contributed by atoms with E-state index in [1.54, 1.807) is 0 Å². The van der Waals surface area contributed by atoms with Crippen LogP contribution in [-0.2, 0) is 12.8 Å². The molecule has 0 atom stereocenters. The van der Waals surface area contributed by atoms with Gasteiger partial charge in [-0.3, -0.25) is 0 Å². The van der Waals surface area contributed by atoms with Crippen molar-refractivity contribution >= 4 is 16.8 Å². The summed E-state index contributed by atoms with van der Waals surface area (Å²) in [5.74, 6) is 3.16. The van der Waals surface area contributed by atoms with Crippen molar-refractivity contribution in [2.75, 3.05) is 19.0 Å². The molecule has 22 heavy (non-hydrogen) atoms. The van der Waals surface area contributed by atoms with Crippen LogP contribution in [0.5, 0.6) is 5.75 Å². The maximum atomic E-state index is 6.05. The molecule has 0 aliphatic carbocycles. The fourth-order valence-electron chi connectivity index (χ4n) is 2.90. The largest absolute Gasteiger partial charge is 0.488 e. The van der Waals surface area contributed by atoms with Crippen LogP contribution in [0.3, 0.4) is 0 Å². The van der Waals surface area contributed by atoms with E-state index in [4.69, 9.17) is 14.1 Å². The first-order valence-corrected chi connectivity index (χ1v) is 7.54. The van der Waals surface area contributed by atoms with Gasteiger partial charge in [0.1, 0.15) is 22.9 Å². The summed E-state index contributed by atoms with van der Waals surface area (Å²) < 4.78 is 12.0. The molecule has 1 N–H and O–H groups in total. The van der Waals surface area contributed by atoms with Gasteiger partial charge in [0.2, 0.25) is 0 Å². The van der Waals surface area contributed by atoms with Crippen molar-refractivity contribution in [2.24, 2.45) is 0 Å². The predicted octanol–water partition coefficient (Wildman–Crippen LogP) is 3.43. The molecule has 4 rings (SSSR count). The van der Waals surface area contributed by atoms with E-state index in [0.29, 0.717) is 12.4 Å². The van der Waals surface area contributed by atoms with Gasteiger partial charge in [0, 0.05) is 25.5 Å². The highest BCUT2D eigenvalue weighted by atomic mass is 16.5. The second-order valence-electron chi connectivity index (χ2n) is 5.27. The Labute approximate surface area is 128 Å². The number of hydrogen-bond acceptors (Lipinski definition) is 5. The molecule has 112 valence electrons. The number of ether oxygens (including phenoxy) is 1. The van der Waals surface area contributed by atoms with Gasteiger partial charge >= 0.3 is 0 Å². The number of hydrogen-bond donors (Lipinski definition) is 1. The molecule has 2 aromatic heterocycles. The molecule has 1 aliphatic rings. The van der Waals surface area contributed by atoms with E-state index in [1.165, 1.54) is 0 Å². The summed E-state index contributed by atoms with van der Waals surface area (Å²) in [5, 5.41) is 4.17. The first-order chi connectivity index (χ1) is 10.8.